The highest BCUT2D eigenvalue weighted by atomic mass is 19.1. The summed E-state index contributed by atoms with van der Waals surface area (Å²) in [5, 5.41) is 14.1. The van der Waals surface area contributed by atoms with Crippen LogP contribution in [-0.4, -0.2) is 11.1 Å². The van der Waals surface area contributed by atoms with E-state index in [1.54, 1.807) is 6.92 Å². The van der Waals surface area contributed by atoms with Crippen LogP contribution in [0.15, 0.2) is 42.5 Å². The first kappa shape index (κ1) is 14.0. The topological polar surface area (TPSA) is 32.3 Å². The number of anilines is 1. The smallest absolute Gasteiger partial charge is 0.126 e. The van der Waals surface area contributed by atoms with Gasteiger partial charge in [0.05, 0.1) is 6.04 Å². The van der Waals surface area contributed by atoms with Crippen LogP contribution in [0.2, 0.25) is 0 Å². The molecule has 3 rings (SSSR count). The zero-order valence-corrected chi connectivity index (χ0v) is 11.7. The standard InChI is InChI=1S/C17H17F2NO/c1-17(21,12-8-13(18)10-14(19)9-12)16-7-6-11-4-2-3-5-15(11)20-16/h2-5,8-10,16,20-21H,6-7H2,1H3. The van der Waals surface area contributed by atoms with Gasteiger partial charge in [-0.15, -0.1) is 0 Å². The summed E-state index contributed by atoms with van der Waals surface area (Å²) in [6.07, 6.45) is 1.52. The Hall–Kier alpha value is -1.94. The molecule has 2 atom stereocenters. The molecule has 0 spiro atoms. The van der Waals surface area contributed by atoms with Crippen molar-refractivity contribution in [3.05, 3.63) is 65.2 Å². The summed E-state index contributed by atoms with van der Waals surface area (Å²) in [5.41, 5.74) is 1.05. The molecule has 1 aliphatic rings. The van der Waals surface area contributed by atoms with Crippen molar-refractivity contribution in [3.63, 3.8) is 0 Å². The maximum Gasteiger partial charge on any atom is 0.126 e. The molecular weight excluding hydrogens is 272 g/mol. The van der Waals surface area contributed by atoms with E-state index in [-0.39, 0.29) is 11.6 Å². The molecule has 110 valence electrons. The first-order chi connectivity index (χ1) is 9.96. The quantitative estimate of drug-likeness (QED) is 0.885. The molecule has 0 saturated carbocycles. The molecule has 0 aromatic heterocycles. The first-order valence-corrected chi connectivity index (χ1v) is 7.00. The van der Waals surface area contributed by atoms with Crippen LogP contribution in [0.5, 0.6) is 0 Å². The Kier molecular flexibility index (Phi) is 3.41. The van der Waals surface area contributed by atoms with E-state index in [0.29, 0.717) is 6.42 Å². The molecule has 4 heteroatoms. The summed E-state index contributed by atoms with van der Waals surface area (Å²) < 4.78 is 26.8. The molecule has 0 amide bonds. The van der Waals surface area contributed by atoms with Gasteiger partial charge in [0, 0.05) is 11.8 Å². The predicted molar refractivity (Wildman–Crippen MR) is 78.1 cm³/mol. The fourth-order valence-corrected chi connectivity index (χ4v) is 2.91. The van der Waals surface area contributed by atoms with Crippen LogP contribution in [-0.2, 0) is 12.0 Å². The van der Waals surface area contributed by atoms with Crippen molar-refractivity contribution in [1.29, 1.82) is 0 Å². The Morgan fingerprint density at radius 3 is 2.52 bits per heavy atom. The van der Waals surface area contributed by atoms with Crippen molar-refractivity contribution in [2.75, 3.05) is 5.32 Å². The molecule has 2 unspecified atom stereocenters. The highest BCUT2D eigenvalue weighted by molar-refractivity contribution is 5.54. The average Bonchev–Trinajstić information content (AvgIpc) is 2.45. The van der Waals surface area contributed by atoms with Gasteiger partial charge in [0.1, 0.15) is 17.2 Å². The third-order valence-corrected chi connectivity index (χ3v) is 4.17. The van der Waals surface area contributed by atoms with E-state index in [1.165, 1.54) is 17.7 Å². The predicted octanol–water partition coefficient (Wildman–Crippen LogP) is 3.60. The molecule has 21 heavy (non-hydrogen) atoms. The van der Waals surface area contributed by atoms with Crippen LogP contribution in [0.25, 0.3) is 0 Å². The Morgan fingerprint density at radius 2 is 1.81 bits per heavy atom. The second-order valence-corrected chi connectivity index (χ2v) is 5.70. The number of aryl methyl sites for hydroxylation is 1. The van der Waals surface area contributed by atoms with Gasteiger partial charge >= 0.3 is 0 Å². The number of aliphatic hydroxyl groups is 1. The van der Waals surface area contributed by atoms with E-state index in [0.717, 1.165) is 18.2 Å². The van der Waals surface area contributed by atoms with Crippen molar-refractivity contribution in [1.82, 2.24) is 0 Å². The average molecular weight is 289 g/mol. The fraction of sp³-hybridized carbons (Fsp3) is 0.294. The molecule has 1 heterocycles. The molecule has 2 aromatic carbocycles. The molecule has 0 aliphatic carbocycles. The number of hydrogen-bond donors (Lipinski definition) is 2. The minimum absolute atomic E-state index is 0.247. The Balaban J connectivity index is 1.92. The van der Waals surface area contributed by atoms with Crippen molar-refractivity contribution in [3.8, 4) is 0 Å². The molecule has 2 N–H and O–H groups in total. The van der Waals surface area contributed by atoms with E-state index >= 15 is 0 Å². The maximum atomic E-state index is 13.4. The summed E-state index contributed by atoms with van der Waals surface area (Å²) in [5.74, 6) is -1.36. The number of halogens is 2. The number of para-hydroxylation sites is 1. The van der Waals surface area contributed by atoms with Crippen LogP contribution in [0.3, 0.4) is 0 Å². The number of rotatable bonds is 2. The summed E-state index contributed by atoms with van der Waals surface area (Å²) in [4.78, 5) is 0. The number of nitrogens with one attached hydrogen (secondary N) is 1. The fourth-order valence-electron chi connectivity index (χ4n) is 2.91. The summed E-state index contributed by atoms with van der Waals surface area (Å²) in [6, 6.07) is 10.8. The highest BCUT2D eigenvalue weighted by Crippen LogP contribution is 2.35. The van der Waals surface area contributed by atoms with Gasteiger partial charge in [-0.05, 0) is 49.1 Å². The monoisotopic (exact) mass is 289 g/mol. The highest BCUT2D eigenvalue weighted by Gasteiger charge is 2.36. The van der Waals surface area contributed by atoms with Gasteiger partial charge in [-0.25, -0.2) is 8.78 Å². The third-order valence-electron chi connectivity index (χ3n) is 4.17. The lowest BCUT2D eigenvalue weighted by molar-refractivity contribution is 0.0316. The second kappa shape index (κ2) is 5.11. The van der Waals surface area contributed by atoms with E-state index in [4.69, 9.17) is 0 Å². The lowest BCUT2D eigenvalue weighted by atomic mass is 9.82. The zero-order valence-electron chi connectivity index (χ0n) is 11.7. The third kappa shape index (κ3) is 2.63. The molecule has 2 aromatic rings. The minimum atomic E-state index is -1.35. The van der Waals surface area contributed by atoms with Gasteiger partial charge in [-0.3, -0.25) is 0 Å². The SMILES string of the molecule is CC(O)(c1cc(F)cc(F)c1)C1CCc2ccccc2N1. The maximum absolute atomic E-state index is 13.4. The molecular formula is C17H17F2NO. The van der Waals surface area contributed by atoms with Crippen LogP contribution >= 0.6 is 0 Å². The van der Waals surface area contributed by atoms with E-state index < -0.39 is 17.2 Å². The van der Waals surface area contributed by atoms with Gasteiger partial charge in [-0.2, -0.15) is 0 Å². The van der Waals surface area contributed by atoms with E-state index in [2.05, 4.69) is 5.32 Å². The Labute approximate surface area is 122 Å². The number of benzene rings is 2. The van der Waals surface area contributed by atoms with E-state index in [9.17, 15) is 13.9 Å². The number of fused-ring (bicyclic) bond motifs is 1. The molecule has 2 nitrogen and oxygen atoms in total. The Bertz CT molecular complexity index is 649. The summed E-state index contributed by atoms with van der Waals surface area (Å²) >= 11 is 0. The van der Waals surface area contributed by atoms with Gasteiger partial charge in [0.2, 0.25) is 0 Å². The zero-order chi connectivity index (χ0) is 15.0. The lowest BCUT2D eigenvalue weighted by Gasteiger charge is -2.38. The molecule has 0 saturated heterocycles. The minimum Gasteiger partial charge on any atom is -0.383 e. The van der Waals surface area contributed by atoms with Crippen molar-refractivity contribution < 1.29 is 13.9 Å². The van der Waals surface area contributed by atoms with Crippen molar-refractivity contribution in [2.45, 2.75) is 31.4 Å². The normalized spacial score (nSPS) is 20.3. The van der Waals surface area contributed by atoms with E-state index in [1.807, 2.05) is 24.3 Å². The summed E-state index contributed by atoms with van der Waals surface area (Å²) in [6.45, 7) is 1.59. The number of hydrogen-bond acceptors (Lipinski definition) is 2. The molecule has 0 fully saturated rings. The Morgan fingerprint density at radius 1 is 1.14 bits per heavy atom. The van der Waals surface area contributed by atoms with Crippen LogP contribution in [0.1, 0.15) is 24.5 Å². The lowest BCUT2D eigenvalue weighted by Crippen LogP contribution is -2.44. The van der Waals surface area contributed by atoms with Crippen LogP contribution in [0, 0.1) is 11.6 Å². The van der Waals surface area contributed by atoms with Gasteiger partial charge in [0.25, 0.3) is 0 Å². The van der Waals surface area contributed by atoms with Gasteiger partial charge in [0.15, 0.2) is 0 Å². The molecule has 0 bridgehead atoms. The second-order valence-electron chi connectivity index (χ2n) is 5.70. The van der Waals surface area contributed by atoms with Crippen LogP contribution < -0.4 is 5.32 Å². The molecule has 0 radical (unpaired) electrons. The summed E-state index contributed by atoms with van der Waals surface area (Å²) in [7, 11) is 0. The van der Waals surface area contributed by atoms with Gasteiger partial charge in [-0.1, -0.05) is 18.2 Å². The first-order valence-electron chi connectivity index (χ1n) is 7.00. The van der Waals surface area contributed by atoms with Crippen LogP contribution in [0.4, 0.5) is 14.5 Å². The van der Waals surface area contributed by atoms with Crippen molar-refractivity contribution in [2.24, 2.45) is 0 Å². The molecule has 1 aliphatic heterocycles. The van der Waals surface area contributed by atoms with Crippen molar-refractivity contribution >= 4 is 5.69 Å². The largest absolute Gasteiger partial charge is 0.383 e. The van der Waals surface area contributed by atoms with Gasteiger partial charge < -0.3 is 10.4 Å².